The van der Waals surface area contributed by atoms with Crippen LogP contribution in [0.4, 0.5) is 5.69 Å². The number of nitrogens with two attached hydrogens (primary N) is 1. The number of hydrogen-bond donors (Lipinski definition) is 1. The van der Waals surface area contributed by atoms with Crippen molar-refractivity contribution in [1.29, 1.82) is 0 Å². The Kier molecular flexibility index (Phi) is 4.03. The minimum Gasteiger partial charge on any atom is -0.486 e. The molecule has 0 saturated heterocycles. The number of amides is 1. The van der Waals surface area contributed by atoms with Gasteiger partial charge in [-0.15, -0.1) is 0 Å². The lowest BCUT2D eigenvalue weighted by atomic mass is 10.2. The summed E-state index contributed by atoms with van der Waals surface area (Å²) in [6.07, 6.45) is 0. The van der Waals surface area contributed by atoms with Gasteiger partial charge in [0.25, 0.3) is 0 Å². The SMILES string of the molecule is CCS(=O)(=O)N(CC(N)=O)c1ccc2c(c1)OCCO2. The molecule has 20 heavy (non-hydrogen) atoms. The van der Waals surface area contributed by atoms with Gasteiger partial charge < -0.3 is 15.2 Å². The summed E-state index contributed by atoms with van der Waals surface area (Å²) in [6, 6.07) is 4.71. The Hall–Kier alpha value is -1.96. The Morgan fingerprint density at radius 1 is 1.30 bits per heavy atom. The number of sulfonamides is 1. The van der Waals surface area contributed by atoms with E-state index in [2.05, 4.69) is 0 Å². The van der Waals surface area contributed by atoms with Gasteiger partial charge in [-0.05, 0) is 19.1 Å². The van der Waals surface area contributed by atoms with Crippen LogP contribution in [0.5, 0.6) is 11.5 Å². The smallest absolute Gasteiger partial charge is 0.238 e. The molecular weight excluding hydrogens is 284 g/mol. The quantitative estimate of drug-likeness (QED) is 0.831. The Morgan fingerprint density at radius 3 is 2.55 bits per heavy atom. The van der Waals surface area contributed by atoms with Crippen LogP contribution in [0, 0.1) is 0 Å². The zero-order valence-electron chi connectivity index (χ0n) is 11.0. The maximum atomic E-state index is 12.0. The maximum Gasteiger partial charge on any atom is 0.238 e. The summed E-state index contributed by atoms with van der Waals surface area (Å²) in [4.78, 5) is 11.1. The minimum atomic E-state index is -3.60. The van der Waals surface area contributed by atoms with E-state index in [1.54, 1.807) is 12.1 Å². The number of carbonyl (C=O) groups is 1. The monoisotopic (exact) mass is 300 g/mol. The fourth-order valence-corrected chi connectivity index (χ4v) is 2.91. The summed E-state index contributed by atoms with van der Waals surface area (Å²) in [5, 5.41) is 0. The molecule has 0 radical (unpaired) electrons. The van der Waals surface area contributed by atoms with Gasteiger partial charge in [-0.1, -0.05) is 0 Å². The summed E-state index contributed by atoms with van der Waals surface area (Å²) in [5.41, 5.74) is 5.45. The van der Waals surface area contributed by atoms with Crippen molar-refractivity contribution in [3.63, 3.8) is 0 Å². The Morgan fingerprint density at radius 2 is 1.95 bits per heavy atom. The molecule has 1 aromatic carbocycles. The molecule has 7 nitrogen and oxygen atoms in total. The highest BCUT2D eigenvalue weighted by atomic mass is 32.2. The average molecular weight is 300 g/mol. The number of primary amides is 1. The van der Waals surface area contributed by atoms with Gasteiger partial charge in [-0.25, -0.2) is 8.42 Å². The third kappa shape index (κ3) is 2.96. The molecule has 1 aromatic rings. The zero-order valence-corrected chi connectivity index (χ0v) is 11.9. The molecule has 1 aliphatic heterocycles. The van der Waals surface area contributed by atoms with Crippen LogP contribution in [0.3, 0.4) is 0 Å². The van der Waals surface area contributed by atoms with Crippen molar-refractivity contribution >= 4 is 21.6 Å². The topological polar surface area (TPSA) is 98.9 Å². The van der Waals surface area contributed by atoms with E-state index in [1.165, 1.54) is 13.0 Å². The van der Waals surface area contributed by atoms with Gasteiger partial charge in [0.2, 0.25) is 15.9 Å². The van der Waals surface area contributed by atoms with E-state index in [0.717, 1.165) is 4.31 Å². The fraction of sp³-hybridized carbons (Fsp3) is 0.417. The molecule has 0 aliphatic carbocycles. The largest absolute Gasteiger partial charge is 0.486 e. The highest BCUT2D eigenvalue weighted by Crippen LogP contribution is 2.34. The van der Waals surface area contributed by atoms with Crippen LogP contribution >= 0.6 is 0 Å². The van der Waals surface area contributed by atoms with Crippen LogP contribution < -0.4 is 19.5 Å². The molecule has 0 aromatic heterocycles. The highest BCUT2D eigenvalue weighted by Gasteiger charge is 2.24. The van der Waals surface area contributed by atoms with Gasteiger partial charge in [0.15, 0.2) is 11.5 Å². The summed E-state index contributed by atoms with van der Waals surface area (Å²) in [5.74, 6) is 0.147. The molecule has 0 saturated carbocycles. The maximum absolute atomic E-state index is 12.0. The number of carbonyl (C=O) groups excluding carboxylic acids is 1. The van der Waals surface area contributed by atoms with Gasteiger partial charge in [0.05, 0.1) is 11.4 Å². The lowest BCUT2D eigenvalue weighted by molar-refractivity contribution is -0.116. The van der Waals surface area contributed by atoms with Gasteiger partial charge in [-0.2, -0.15) is 0 Å². The molecule has 0 fully saturated rings. The van der Waals surface area contributed by atoms with Gasteiger partial charge >= 0.3 is 0 Å². The lowest BCUT2D eigenvalue weighted by Crippen LogP contribution is -2.39. The zero-order chi connectivity index (χ0) is 14.8. The molecule has 110 valence electrons. The van der Waals surface area contributed by atoms with Crippen LogP contribution in [0.25, 0.3) is 0 Å². The number of benzene rings is 1. The predicted molar refractivity (Wildman–Crippen MR) is 73.4 cm³/mol. The Bertz CT molecular complexity index is 614. The first-order chi connectivity index (χ1) is 9.44. The normalized spacial score (nSPS) is 13.8. The summed E-state index contributed by atoms with van der Waals surface area (Å²) in [7, 11) is -3.60. The molecule has 0 atom stereocenters. The van der Waals surface area contributed by atoms with Crippen molar-refractivity contribution in [1.82, 2.24) is 0 Å². The number of rotatable bonds is 5. The van der Waals surface area contributed by atoms with Crippen LogP contribution in [-0.4, -0.2) is 39.8 Å². The van der Waals surface area contributed by atoms with Crippen molar-refractivity contribution in [3.8, 4) is 11.5 Å². The molecule has 0 unspecified atom stereocenters. The van der Waals surface area contributed by atoms with E-state index in [1.807, 2.05) is 0 Å². The van der Waals surface area contributed by atoms with Crippen molar-refractivity contribution in [2.45, 2.75) is 6.92 Å². The van der Waals surface area contributed by atoms with Crippen molar-refractivity contribution in [3.05, 3.63) is 18.2 Å². The van der Waals surface area contributed by atoms with Crippen molar-refractivity contribution in [2.75, 3.05) is 29.8 Å². The van der Waals surface area contributed by atoms with E-state index in [4.69, 9.17) is 15.2 Å². The number of ether oxygens (including phenoxy) is 2. The first kappa shape index (κ1) is 14.4. The molecule has 1 aliphatic rings. The molecular formula is C12H16N2O5S. The van der Waals surface area contributed by atoms with Gasteiger partial charge in [0.1, 0.15) is 19.8 Å². The van der Waals surface area contributed by atoms with Crippen LogP contribution in [-0.2, 0) is 14.8 Å². The first-order valence-corrected chi connectivity index (χ1v) is 7.73. The summed E-state index contributed by atoms with van der Waals surface area (Å²) >= 11 is 0. The summed E-state index contributed by atoms with van der Waals surface area (Å²) < 4.78 is 35.8. The van der Waals surface area contributed by atoms with Crippen molar-refractivity contribution in [2.24, 2.45) is 5.73 Å². The molecule has 2 rings (SSSR count). The molecule has 2 N–H and O–H groups in total. The van der Waals surface area contributed by atoms with Gasteiger partial charge in [0, 0.05) is 6.07 Å². The number of fused-ring (bicyclic) bond motifs is 1. The van der Waals surface area contributed by atoms with E-state index in [-0.39, 0.29) is 5.75 Å². The molecule has 1 heterocycles. The predicted octanol–water partition coefficient (Wildman–Crippen LogP) is 0.0992. The van der Waals surface area contributed by atoms with Crippen LogP contribution in [0.2, 0.25) is 0 Å². The minimum absolute atomic E-state index is 0.130. The second-order valence-electron chi connectivity index (χ2n) is 4.20. The van der Waals surface area contributed by atoms with Crippen molar-refractivity contribution < 1.29 is 22.7 Å². The third-order valence-corrected chi connectivity index (χ3v) is 4.55. The van der Waals surface area contributed by atoms with E-state index in [9.17, 15) is 13.2 Å². The lowest BCUT2D eigenvalue weighted by Gasteiger charge is -2.25. The van der Waals surface area contributed by atoms with E-state index >= 15 is 0 Å². The standard InChI is InChI=1S/C12H16N2O5S/c1-2-20(16,17)14(8-12(13)15)9-3-4-10-11(7-9)19-6-5-18-10/h3-4,7H,2,5-6,8H2,1H3,(H2,13,15). The van der Waals surface area contributed by atoms with E-state index < -0.39 is 22.5 Å². The first-order valence-electron chi connectivity index (χ1n) is 6.12. The third-order valence-electron chi connectivity index (χ3n) is 2.81. The molecule has 0 bridgehead atoms. The second-order valence-corrected chi connectivity index (χ2v) is 6.38. The second kappa shape index (κ2) is 5.58. The Labute approximate surface area is 117 Å². The van der Waals surface area contributed by atoms with Crippen LogP contribution in [0.1, 0.15) is 6.92 Å². The van der Waals surface area contributed by atoms with E-state index in [0.29, 0.717) is 30.4 Å². The number of anilines is 1. The number of nitrogens with zero attached hydrogens (tertiary/aromatic N) is 1. The van der Waals surface area contributed by atoms with Crippen LogP contribution in [0.15, 0.2) is 18.2 Å². The highest BCUT2D eigenvalue weighted by molar-refractivity contribution is 7.92. The number of hydrogen-bond acceptors (Lipinski definition) is 5. The summed E-state index contributed by atoms with van der Waals surface area (Å²) in [6.45, 7) is 1.94. The average Bonchev–Trinajstić information content (AvgIpc) is 2.44. The van der Waals surface area contributed by atoms with Gasteiger partial charge in [-0.3, -0.25) is 9.10 Å². The molecule has 0 spiro atoms. The molecule has 1 amide bonds. The Balaban J connectivity index is 2.41. The molecule has 8 heteroatoms. The fourth-order valence-electron chi connectivity index (χ4n) is 1.83.